The Morgan fingerprint density at radius 2 is 1.60 bits per heavy atom. The Morgan fingerprint density at radius 1 is 1.02 bits per heavy atom. The molecule has 250 valence electrons. The average Bonchev–Trinajstić information content (AvgIpc) is 3.64. The number of carbonyl (C=O) groups is 1. The number of aromatic amines is 1. The molecule has 0 spiro atoms. The van der Waals surface area contributed by atoms with E-state index in [2.05, 4.69) is 37.9 Å². The summed E-state index contributed by atoms with van der Waals surface area (Å²) in [6.07, 6.45) is -0.236. The van der Waals surface area contributed by atoms with Crippen molar-refractivity contribution in [3.63, 3.8) is 0 Å². The van der Waals surface area contributed by atoms with Gasteiger partial charge in [-0.05, 0) is 63.5 Å². The molecule has 1 amide bonds. The maximum atomic E-state index is 13.0. The lowest BCUT2D eigenvalue weighted by atomic mass is 9.80. The lowest BCUT2D eigenvalue weighted by molar-refractivity contribution is -0.118. The van der Waals surface area contributed by atoms with Gasteiger partial charge in [0.25, 0.3) is 5.56 Å². The van der Waals surface area contributed by atoms with E-state index in [9.17, 15) is 14.7 Å². The van der Waals surface area contributed by atoms with Crippen molar-refractivity contribution < 1.29 is 28.8 Å². The second-order valence-corrected chi connectivity index (χ2v) is 13.1. The number of ether oxygens (including phenoxy) is 4. The summed E-state index contributed by atoms with van der Waals surface area (Å²) in [5.41, 5.74) is 1.47. The van der Waals surface area contributed by atoms with Crippen LogP contribution in [0, 0.1) is 9.49 Å². The van der Waals surface area contributed by atoms with Gasteiger partial charge in [0.15, 0.2) is 5.65 Å². The second kappa shape index (κ2) is 14.1. The van der Waals surface area contributed by atoms with Gasteiger partial charge in [-0.1, -0.05) is 68.4 Å². The molecule has 0 radical (unpaired) electrons. The quantitative estimate of drug-likeness (QED) is 0.117. The molecule has 1 saturated heterocycles. The van der Waals surface area contributed by atoms with Crippen molar-refractivity contribution in [1.29, 1.82) is 0 Å². The summed E-state index contributed by atoms with van der Waals surface area (Å²) < 4.78 is 26.7. The van der Waals surface area contributed by atoms with E-state index in [-0.39, 0.29) is 36.4 Å². The van der Waals surface area contributed by atoms with Gasteiger partial charge in [-0.2, -0.15) is 4.98 Å². The molecule has 3 atom stereocenters. The van der Waals surface area contributed by atoms with E-state index in [1.54, 1.807) is 38.8 Å². The number of H-pyrrole nitrogens is 1. The minimum absolute atomic E-state index is 0.0324. The zero-order chi connectivity index (χ0) is 34.0. The molecular formula is C36H37IN4O7. The van der Waals surface area contributed by atoms with Crippen LogP contribution in [0.15, 0.2) is 89.9 Å². The molecule has 3 aromatic carbocycles. The number of fused-ring (bicyclic) bond motifs is 1. The first-order valence-corrected chi connectivity index (χ1v) is 16.7. The lowest BCUT2D eigenvalue weighted by Gasteiger charge is -2.37. The number of nitrogens with one attached hydrogen (secondary N) is 2. The lowest BCUT2D eigenvalue weighted by Crippen LogP contribution is -2.38. The van der Waals surface area contributed by atoms with Crippen LogP contribution >= 0.6 is 22.6 Å². The largest absolute Gasteiger partial charge is 0.497 e. The van der Waals surface area contributed by atoms with Crippen molar-refractivity contribution in [1.82, 2.24) is 14.5 Å². The van der Waals surface area contributed by atoms with Crippen LogP contribution in [-0.2, 0) is 19.9 Å². The highest BCUT2D eigenvalue weighted by atomic mass is 127. The van der Waals surface area contributed by atoms with E-state index < -0.39 is 24.0 Å². The van der Waals surface area contributed by atoms with Gasteiger partial charge in [0.1, 0.15) is 29.4 Å². The van der Waals surface area contributed by atoms with E-state index in [0.717, 1.165) is 16.7 Å². The standard InChI is InChI=1S/C36H37IN4O7/c1-21(2)33(43)39-35-38-32-31(34(44)40-35)27(37)19-41(32)30-18-28(42)29(48-30)20-47-36(22-8-6-5-7-9-22,23-10-14-25(45-3)15-11-23)24-12-16-26(46-4)17-13-24/h5-17,19,21,28-30,42H,18,20H2,1-4H3,(H2,38,39,40,43,44)/t28-,29+,30+/m0/s1. The molecule has 5 aromatic rings. The molecule has 0 unspecified atom stereocenters. The molecule has 6 rings (SSSR count). The third-order valence-electron chi connectivity index (χ3n) is 8.55. The van der Waals surface area contributed by atoms with Gasteiger partial charge in [-0.15, -0.1) is 0 Å². The van der Waals surface area contributed by atoms with Crippen molar-refractivity contribution in [2.24, 2.45) is 5.92 Å². The number of hydrogen-bond acceptors (Lipinski definition) is 8. The zero-order valence-electron chi connectivity index (χ0n) is 27.0. The summed E-state index contributed by atoms with van der Waals surface area (Å²) in [4.78, 5) is 32.6. The molecule has 0 aliphatic carbocycles. The Morgan fingerprint density at radius 3 is 2.17 bits per heavy atom. The summed E-state index contributed by atoms with van der Waals surface area (Å²) in [7, 11) is 3.25. The van der Waals surface area contributed by atoms with Gasteiger partial charge < -0.3 is 28.6 Å². The van der Waals surface area contributed by atoms with Crippen molar-refractivity contribution in [2.75, 3.05) is 26.1 Å². The van der Waals surface area contributed by atoms with Crippen LogP contribution in [0.25, 0.3) is 11.0 Å². The molecule has 0 saturated carbocycles. The molecule has 3 heterocycles. The summed E-state index contributed by atoms with van der Waals surface area (Å²) in [6, 6.07) is 25.3. The summed E-state index contributed by atoms with van der Waals surface area (Å²) in [5.74, 6) is 0.894. The zero-order valence-corrected chi connectivity index (χ0v) is 29.1. The smallest absolute Gasteiger partial charge is 0.262 e. The number of anilines is 1. The molecule has 0 bridgehead atoms. The molecule has 2 aromatic heterocycles. The highest BCUT2D eigenvalue weighted by Gasteiger charge is 2.42. The first kappa shape index (κ1) is 33.7. The van der Waals surface area contributed by atoms with E-state index in [1.807, 2.05) is 78.9 Å². The predicted octanol–water partition coefficient (Wildman–Crippen LogP) is 5.60. The highest BCUT2D eigenvalue weighted by Crippen LogP contribution is 2.43. The summed E-state index contributed by atoms with van der Waals surface area (Å²) >= 11 is 2.08. The number of rotatable bonds is 11. The fraction of sp³-hybridized carbons (Fsp3) is 0.306. The molecule has 1 aliphatic rings. The number of aliphatic hydroxyl groups is 1. The summed E-state index contributed by atoms with van der Waals surface area (Å²) in [6.45, 7) is 3.54. The number of methoxy groups -OCH3 is 2. The van der Waals surface area contributed by atoms with Crippen LogP contribution in [0.5, 0.6) is 11.5 Å². The summed E-state index contributed by atoms with van der Waals surface area (Å²) in [5, 5.41) is 14.4. The third kappa shape index (κ3) is 6.44. The maximum absolute atomic E-state index is 13.0. The monoisotopic (exact) mass is 764 g/mol. The number of hydrogen-bond donors (Lipinski definition) is 3. The molecule has 11 nitrogen and oxygen atoms in total. The Hall–Kier alpha value is -4.24. The van der Waals surface area contributed by atoms with E-state index >= 15 is 0 Å². The SMILES string of the molecule is COc1ccc(C(OC[C@H]2O[C@@H](n3cc(I)c4c(=O)[nH]c(NC(=O)C(C)C)nc43)C[C@@H]2O)(c2ccccc2)c2ccc(OC)cc2)cc1. The van der Waals surface area contributed by atoms with Gasteiger partial charge >= 0.3 is 0 Å². The van der Waals surface area contributed by atoms with Crippen molar-refractivity contribution >= 4 is 45.5 Å². The number of aliphatic hydroxyl groups excluding tert-OH is 1. The van der Waals surface area contributed by atoms with Crippen molar-refractivity contribution in [3.05, 3.63) is 116 Å². The van der Waals surface area contributed by atoms with Crippen molar-refractivity contribution in [2.45, 2.75) is 44.3 Å². The predicted molar refractivity (Wildman–Crippen MR) is 189 cm³/mol. The van der Waals surface area contributed by atoms with Crippen LogP contribution in [0.1, 0.15) is 43.2 Å². The second-order valence-electron chi connectivity index (χ2n) is 11.9. The number of nitrogens with zero attached hydrogens (tertiary/aromatic N) is 2. The molecule has 3 N–H and O–H groups in total. The molecule has 1 aliphatic heterocycles. The van der Waals surface area contributed by atoms with Crippen molar-refractivity contribution in [3.8, 4) is 11.5 Å². The molecule has 1 fully saturated rings. The van der Waals surface area contributed by atoms with Crippen LogP contribution in [0.2, 0.25) is 0 Å². The number of halogens is 1. The Labute approximate surface area is 291 Å². The van der Waals surface area contributed by atoms with Gasteiger partial charge in [0.2, 0.25) is 11.9 Å². The fourth-order valence-corrected chi connectivity index (χ4v) is 6.75. The fourth-order valence-electron chi connectivity index (χ4n) is 5.97. The van der Waals surface area contributed by atoms with E-state index in [0.29, 0.717) is 26.1 Å². The van der Waals surface area contributed by atoms with Crippen LogP contribution < -0.4 is 20.3 Å². The minimum Gasteiger partial charge on any atom is -0.497 e. The number of amides is 1. The van der Waals surface area contributed by atoms with Gasteiger partial charge in [0.05, 0.1) is 32.3 Å². The third-order valence-corrected chi connectivity index (χ3v) is 9.37. The van der Waals surface area contributed by atoms with E-state index in [1.165, 1.54) is 0 Å². The van der Waals surface area contributed by atoms with Crippen LogP contribution in [0.4, 0.5) is 5.95 Å². The molecule has 48 heavy (non-hydrogen) atoms. The first-order valence-electron chi connectivity index (χ1n) is 15.6. The van der Waals surface area contributed by atoms with Gasteiger partial charge in [-0.3, -0.25) is 19.9 Å². The molecule has 12 heteroatoms. The van der Waals surface area contributed by atoms with E-state index in [4.69, 9.17) is 18.9 Å². The Bertz CT molecular complexity index is 1890. The highest BCUT2D eigenvalue weighted by molar-refractivity contribution is 14.1. The number of benzene rings is 3. The molecular weight excluding hydrogens is 727 g/mol. The normalized spacial score (nSPS) is 17.9. The topological polar surface area (TPSA) is 137 Å². The Kier molecular flexibility index (Phi) is 9.88. The first-order chi connectivity index (χ1) is 23.1. The van der Waals surface area contributed by atoms with Gasteiger partial charge in [-0.25, -0.2) is 0 Å². The minimum atomic E-state index is -1.09. The maximum Gasteiger partial charge on any atom is 0.262 e. The number of carbonyl (C=O) groups excluding carboxylic acids is 1. The van der Waals surface area contributed by atoms with Crippen LogP contribution in [-0.4, -0.2) is 58.6 Å². The number of aromatic nitrogens is 3. The Balaban J connectivity index is 1.35. The van der Waals surface area contributed by atoms with Crippen LogP contribution in [0.3, 0.4) is 0 Å². The van der Waals surface area contributed by atoms with Gasteiger partial charge in [0, 0.05) is 22.1 Å². The average molecular weight is 765 g/mol.